The number of carbonyl (C=O) groups excluding carboxylic acids is 1. The molecule has 0 N–H and O–H groups in total. The molecule has 8 nitrogen and oxygen atoms in total. The fourth-order valence-electron chi connectivity index (χ4n) is 7.47. The minimum atomic E-state index is -0.798. The molecule has 0 radical (unpaired) electrons. The molecule has 0 bridgehead atoms. The lowest BCUT2D eigenvalue weighted by atomic mass is 9.61. The maximum absolute atomic E-state index is 12.9. The van der Waals surface area contributed by atoms with E-state index in [1.54, 1.807) is 0 Å². The van der Waals surface area contributed by atoms with Crippen molar-refractivity contribution in [2.75, 3.05) is 0 Å². The van der Waals surface area contributed by atoms with Crippen molar-refractivity contribution in [1.29, 1.82) is 0 Å². The molecular formula is C35H46N2O6. The van der Waals surface area contributed by atoms with E-state index in [4.69, 9.17) is 4.74 Å². The molecule has 6 atom stereocenters. The summed E-state index contributed by atoms with van der Waals surface area (Å²) in [6.45, 7) is 16.0. The highest BCUT2D eigenvalue weighted by molar-refractivity contribution is 5.91. The Morgan fingerprint density at radius 2 is 1.67 bits per heavy atom. The molecule has 0 aromatic heterocycles. The van der Waals surface area contributed by atoms with Crippen LogP contribution in [0.4, 0.5) is 11.4 Å². The minimum Gasteiger partial charge on any atom is -0.458 e. The van der Waals surface area contributed by atoms with Gasteiger partial charge < -0.3 is 4.74 Å². The molecule has 0 heterocycles. The summed E-state index contributed by atoms with van der Waals surface area (Å²) in [6, 6.07) is 2.88. The van der Waals surface area contributed by atoms with Crippen LogP contribution < -0.4 is 0 Å². The first-order valence-corrected chi connectivity index (χ1v) is 15.7. The Hall–Kier alpha value is -3.55. The number of fused-ring (bicyclic) bond motifs is 1. The number of carbonyl (C=O) groups is 1. The average Bonchev–Trinajstić information content (AvgIpc) is 3.33. The van der Waals surface area contributed by atoms with Crippen LogP contribution in [0.5, 0.6) is 0 Å². The zero-order valence-corrected chi connectivity index (χ0v) is 26.2. The molecule has 0 aliphatic heterocycles. The van der Waals surface area contributed by atoms with Crippen molar-refractivity contribution in [3.8, 4) is 0 Å². The summed E-state index contributed by atoms with van der Waals surface area (Å²) in [4.78, 5) is 33.9. The first-order valence-electron chi connectivity index (χ1n) is 15.7. The molecule has 3 fully saturated rings. The lowest BCUT2D eigenvalue weighted by Crippen LogP contribution is -2.35. The smallest absolute Gasteiger partial charge is 0.338 e. The molecule has 3 aliphatic carbocycles. The van der Waals surface area contributed by atoms with Crippen molar-refractivity contribution in [3.63, 3.8) is 0 Å². The molecule has 3 aliphatic rings. The highest BCUT2D eigenvalue weighted by Gasteiger charge is 2.50. The third kappa shape index (κ3) is 7.34. The monoisotopic (exact) mass is 590 g/mol. The summed E-state index contributed by atoms with van der Waals surface area (Å²) in [5.41, 5.74) is 2.63. The van der Waals surface area contributed by atoms with Crippen LogP contribution in [0.3, 0.4) is 0 Å². The number of allylic oxidation sites excluding steroid dienone is 6. The molecule has 232 valence electrons. The lowest BCUT2D eigenvalue weighted by Gasteiger charge is -2.44. The van der Waals surface area contributed by atoms with E-state index in [1.165, 1.54) is 31.3 Å². The number of nitrogens with zero attached hydrogens (tertiary/aromatic N) is 2. The Morgan fingerprint density at radius 3 is 2.30 bits per heavy atom. The van der Waals surface area contributed by atoms with E-state index in [0.717, 1.165) is 35.8 Å². The molecule has 43 heavy (non-hydrogen) atoms. The molecule has 0 unspecified atom stereocenters. The molecule has 8 heteroatoms. The SMILES string of the molecule is C=C1CC[C@H](OC(=O)c2cc([N+](=O)[O-])cc([N+](=O)[O-])c2)C/C1=C\C=C1/CCC[C@@]2(C)[C@@H]1CC[C@@H]2[C@@H](C)/C=C/[C@@H](C)C(C)C. The van der Waals surface area contributed by atoms with Crippen LogP contribution in [0, 0.1) is 55.2 Å². The van der Waals surface area contributed by atoms with Gasteiger partial charge in [-0.3, -0.25) is 20.2 Å². The van der Waals surface area contributed by atoms with Gasteiger partial charge in [-0.05, 0) is 85.5 Å². The predicted octanol–water partition coefficient (Wildman–Crippen LogP) is 9.32. The molecule has 1 aromatic carbocycles. The Balaban J connectivity index is 1.47. The molecule has 1 aromatic rings. The summed E-state index contributed by atoms with van der Waals surface area (Å²) in [5.74, 6) is 2.21. The van der Waals surface area contributed by atoms with Gasteiger partial charge in [-0.2, -0.15) is 0 Å². The van der Waals surface area contributed by atoms with E-state index in [2.05, 4.69) is 65.5 Å². The second-order valence-electron chi connectivity index (χ2n) is 13.5. The average molecular weight is 591 g/mol. The molecule has 3 saturated carbocycles. The van der Waals surface area contributed by atoms with E-state index >= 15 is 0 Å². The van der Waals surface area contributed by atoms with Gasteiger partial charge in [0.1, 0.15) is 6.10 Å². The van der Waals surface area contributed by atoms with Crippen LogP contribution in [-0.4, -0.2) is 21.9 Å². The van der Waals surface area contributed by atoms with Gasteiger partial charge in [-0.25, -0.2) is 4.79 Å². The topological polar surface area (TPSA) is 113 Å². The number of ether oxygens (including phenoxy) is 1. The van der Waals surface area contributed by atoms with Gasteiger partial charge >= 0.3 is 5.97 Å². The van der Waals surface area contributed by atoms with Gasteiger partial charge in [0.05, 0.1) is 21.5 Å². The first-order chi connectivity index (χ1) is 20.3. The van der Waals surface area contributed by atoms with Gasteiger partial charge in [0.15, 0.2) is 0 Å². The second-order valence-corrected chi connectivity index (χ2v) is 13.5. The Kier molecular flexibility index (Phi) is 10.1. The van der Waals surface area contributed by atoms with E-state index in [9.17, 15) is 25.0 Å². The van der Waals surface area contributed by atoms with Crippen molar-refractivity contribution in [1.82, 2.24) is 0 Å². The van der Waals surface area contributed by atoms with E-state index < -0.39 is 33.3 Å². The van der Waals surface area contributed by atoms with E-state index in [1.807, 2.05) is 0 Å². The summed E-state index contributed by atoms with van der Waals surface area (Å²) in [6.07, 6.45) is 16.6. The highest BCUT2D eigenvalue weighted by atomic mass is 16.6. The molecule has 0 amide bonds. The van der Waals surface area contributed by atoms with Crippen LogP contribution in [0.2, 0.25) is 0 Å². The lowest BCUT2D eigenvalue weighted by molar-refractivity contribution is -0.394. The normalized spacial score (nSPS) is 29.2. The molecule has 4 rings (SSSR count). The van der Waals surface area contributed by atoms with Crippen molar-refractivity contribution in [2.24, 2.45) is 35.0 Å². The van der Waals surface area contributed by atoms with Crippen LogP contribution in [0.25, 0.3) is 0 Å². The zero-order chi connectivity index (χ0) is 31.5. The number of rotatable bonds is 9. The quantitative estimate of drug-likeness (QED) is 0.123. The van der Waals surface area contributed by atoms with Gasteiger partial charge in [-0.15, -0.1) is 0 Å². The highest BCUT2D eigenvalue weighted by Crippen LogP contribution is 2.59. The van der Waals surface area contributed by atoms with Gasteiger partial charge in [-0.1, -0.05) is 76.6 Å². The summed E-state index contributed by atoms with van der Waals surface area (Å²) < 4.78 is 5.70. The number of esters is 1. The van der Waals surface area contributed by atoms with E-state index in [0.29, 0.717) is 48.9 Å². The zero-order valence-electron chi connectivity index (χ0n) is 26.2. The number of hydrogen-bond donors (Lipinski definition) is 0. The third-order valence-corrected chi connectivity index (χ3v) is 10.4. The Morgan fingerprint density at radius 1 is 1.00 bits per heavy atom. The van der Waals surface area contributed by atoms with E-state index in [-0.39, 0.29) is 11.0 Å². The van der Waals surface area contributed by atoms with Gasteiger partial charge in [0.25, 0.3) is 11.4 Å². The molecule has 0 spiro atoms. The number of benzene rings is 1. The minimum absolute atomic E-state index is 0.196. The number of hydrogen-bond acceptors (Lipinski definition) is 6. The maximum Gasteiger partial charge on any atom is 0.338 e. The van der Waals surface area contributed by atoms with Crippen LogP contribution >= 0.6 is 0 Å². The third-order valence-electron chi connectivity index (χ3n) is 10.4. The Labute approximate surface area is 255 Å². The Bertz CT molecular complexity index is 1330. The maximum atomic E-state index is 12.9. The summed E-state index contributed by atoms with van der Waals surface area (Å²) in [5, 5.41) is 22.5. The van der Waals surface area contributed by atoms with Crippen LogP contribution in [0.1, 0.15) is 96.3 Å². The van der Waals surface area contributed by atoms with Crippen LogP contribution in [-0.2, 0) is 4.74 Å². The van der Waals surface area contributed by atoms with Crippen molar-refractivity contribution >= 4 is 17.3 Å². The largest absolute Gasteiger partial charge is 0.458 e. The fourth-order valence-corrected chi connectivity index (χ4v) is 7.47. The fraction of sp³-hybridized carbons (Fsp3) is 0.571. The van der Waals surface area contributed by atoms with Crippen molar-refractivity contribution < 1.29 is 19.4 Å². The second kappa shape index (κ2) is 13.4. The van der Waals surface area contributed by atoms with Gasteiger partial charge in [0, 0.05) is 18.6 Å². The summed E-state index contributed by atoms with van der Waals surface area (Å²) >= 11 is 0. The van der Waals surface area contributed by atoms with Gasteiger partial charge in [0.2, 0.25) is 0 Å². The number of non-ortho nitro benzene ring substituents is 2. The molecule has 0 saturated heterocycles. The standard InChI is InChI=1S/C35H46N2O6/c1-22(2)23(3)9-10-25(5)32-15-16-33-26(8-7-17-35(32,33)6)12-13-27-20-31(14-11-24(27)4)43-34(38)28-18-29(36(39)40)21-30(19-28)37(41)42/h9-10,12-13,18-19,21-23,25,31-33H,4,7-8,11,14-17,20H2,1-3,5-6H3/b10-9+,26-12+,27-13+/t23-,25+,31+,32-,33-,35-/m1/s1. The summed E-state index contributed by atoms with van der Waals surface area (Å²) in [7, 11) is 0. The predicted molar refractivity (Wildman–Crippen MR) is 169 cm³/mol. The van der Waals surface area contributed by atoms with Crippen LogP contribution in [0.15, 0.2) is 65.8 Å². The molecular weight excluding hydrogens is 544 g/mol. The number of nitro benzene ring substituents is 2. The van der Waals surface area contributed by atoms with Crippen molar-refractivity contribution in [3.05, 3.63) is 91.6 Å². The number of nitro groups is 2. The first kappa shape index (κ1) is 32.4. The van der Waals surface area contributed by atoms with Crippen molar-refractivity contribution in [2.45, 2.75) is 92.1 Å².